The van der Waals surface area contributed by atoms with Crippen molar-refractivity contribution < 1.29 is 49.5 Å². The molecule has 0 atom stereocenters. The number of nitrogens with zero attached hydrogens (tertiary/aromatic N) is 4. The van der Waals surface area contributed by atoms with Crippen LogP contribution in [0.15, 0.2) is 0 Å². The van der Waals surface area contributed by atoms with E-state index in [1.807, 2.05) is 0 Å². The molecule has 0 aliphatic heterocycles. The highest BCUT2D eigenvalue weighted by atomic mass is 33.1. The van der Waals surface area contributed by atoms with Crippen molar-refractivity contribution in [2.75, 3.05) is 78.2 Å². The van der Waals surface area contributed by atoms with Gasteiger partial charge in [0, 0.05) is 39.3 Å². The molecule has 33 heavy (non-hydrogen) atoms. The predicted molar refractivity (Wildman–Crippen MR) is 120 cm³/mol. The lowest BCUT2D eigenvalue weighted by molar-refractivity contribution is -0.143. The third kappa shape index (κ3) is 18.0. The van der Waals surface area contributed by atoms with Gasteiger partial charge in [-0.1, -0.05) is 10.8 Å². The minimum atomic E-state index is -1.22. The normalized spacial score (nSPS) is 11.4. The predicted octanol–water partition coefficient (Wildman–Crippen LogP) is -1.46. The molecule has 0 fully saturated rings. The molecule has 0 radical (unpaired) electrons. The van der Waals surface area contributed by atoms with Crippen molar-refractivity contribution in [3.63, 3.8) is 0 Å². The third-order valence-corrected chi connectivity index (χ3v) is 5.81. The first-order valence-electron chi connectivity index (χ1n) is 9.64. The molecule has 0 spiro atoms. The highest BCUT2D eigenvalue weighted by Gasteiger charge is 2.19. The van der Waals surface area contributed by atoms with Crippen molar-refractivity contribution in [2.45, 2.75) is 0 Å². The van der Waals surface area contributed by atoms with Gasteiger partial charge in [-0.25, -0.2) is 4.31 Å². The average Bonchev–Trinajstić information content (AvgIpc) is 2.65. The summed E-state index contributed by atoms with van der Waals surface area (Å²) in [6.45, 7) is -1.21. The van der Waals surface area contributed by atoms with Crippen LogP contribution in [0.25, 0.3) is 0 Å². The Balaban J connectivity index is 5.05. The smallest absolute Gasteiger partial charge is 0.318 e. The fourth-order valence-electron chi connectivity index (χ4n) is 2.74. The first-order chi connectivity index (χ1) is 15.4. The lowest BCUT2D eigenvalue weighted by atomic mass is 10.3. The van der Waals surface area contributed by atoms with Gasteiger partial charge in [0.05, 0.1) is 26.2 Å². The van der Waals surface area contributed by atoms with Gasteiger partial charge in [-0.05, 0) is 17.2 Å². The Morgan fingerprint density at radius 2 is 0.818 bits per heavy atom. The fraction of sp³-hybridized carbons (Fsp3) is 0.706. The monoisotopic (exact) mass is 514 g/mol. The minimum Gasteiger partial charge on any atom is -0.480 e. The van der Waals surface area contributed by atoms with E-state index in [1.165, 1.54) is 26.7 Å². The van der Waals surface area contributed by atoms with Crippen molar-refractivity contribution in [3.05, 3.63) is 0 Å². The first kappa shape index (κ1) is 30.9. The van der Waals surface area contributed by atoms with Crippen LogP contribution >= 0.6 is 21.8 Å². The molecule has 16 heteroatoms. The Bertz CT molecular complexity index is 654. The molecule has 0 saturated heterocycles. The van der Waals surface area contributed by atoms with Crippen LogP contribution in [0.1, 0.15) is 0 Å². The number of rotatable bonds is 21. The lowest BCUT2D eigenvalue weighted by Crippen LogP contribution is -2.45. The summed E-state index contributed by atoms with van der Waals surface area (Å²) in [7, 11) is 2.57. The van der Waals surface area contributed by atoms with E-state index < -0.39 is 49.5 Å². The number of aliphatic carboxylic acids is 5. The van der Waals surface area contributed by atoms with Gasteiger partial charge in [0.1, 0.15) is 6.54 Å². The van der Waals surface area contributed by atoms with Crippen LogP contribution in [0.2, 0.25) is 0 Å². The summed E-state index contributed by atoms with van der Waals surface area (Å²) in [4.78, 5) is 59.4. The van der Waals surface area contributed by atoms with Crippen molar-refractivity contribution in [3.8, 4) is 0 Å². The molecule has 0 aliphatic rings. The summed E-state index contributed by atoms with van der Waals surface area (Å²) >= 11 is 0. The van der Waals surface area contributed by atoms with E-state index in [0.29, 0.717) is 0 Å². The maximum atomic E-state index is 11.2. The zero-order chi connectivity index (χ0) is 25.4. The fourth-order valence-corrected chi connectivity index (χ4v) is 4.28. The van der Waals surface area contributed by atoms with Gasteiger partial charge in [-0.2, -0.15) is 0 Å². The largest absolute Gasteiger partial charge is 0.480 e. The molecule has 0 bridgehead atoms. The van der Waals surface area contributed by atoms with Gasteiger partial charge in [0.25, 0.3) is 0 Å². The van der Waals surface area contributed by atoms with E-state index >= 15 is 0 Å². The van der Waals surface area contributed by atoms with E-state index in [4.69, 9.17) is 25.5 Å². The van der Waals surface area contributed by atoms with Crippen molar-refractivity contribution in [1.29, 1.82) is 0 Å². The Labute approximate surface area is 198 Å². The number of carboxylic acid groups (broad SMARTS) is 5. The number of carboxylic acids is 5. The highest BCUT2D eigenvalue weighted by molar-refractivity contribution is 8.75. The molecule has 0 aromatic heterocycles. The molecule has 0 aliphatic carbocycles. The average molecular weight is 515 g/mol. The molecule has 0 aromatic rings. The lowest BCUT2D eigenvalue weighted by Gasteiger charge is -2.28. The SMILES string of the molecule is CSSN(CCN(CCN(CCN(CC(=O)O)CC(=O)O)CC(=O)O)CC(=O)O)CC(=O)O. The molecule has 0 unspecified atom stereocenters. The minimum absolute atomic E-state index is 0.0123. The van der Waals surface area contributed by atoms with Crippen LogP contribution in [0.3, 0.4) is 0 Å². The van der Waals surface area contributed by atoms with E-state index in [2.05, 4.69) is 0 Å². The van der Waals surface area contributed by atoms with Crippen LogP contribution in [0.5, 0.6) is 0 Å². The Kier molecular flexibility index (Phi) is 16.3. The highest BCUT2D eigenvalue weighted by Crippen LogP contribution is 2.22. The quantitative estimate of drug-likeness (QED) is 0.0878. The second kappa shape index (κ2) is 17.4. The zero-order valence-corrected chi connectivity index (χ0v) is 19.8. The standard InChI is InChI=1S/C17H30N4O10S2/c1-32-33-21(12-17(30)31)7-6-19(9-14(24)25)3-2-18(8-13(22)23)4-5-20(10-15(26)27)11-16(28)29/h2-12H2,1H3,(H,22,23)(H,24,25)(H,26,27)(H,28,29)(H,30,31). The number of carbonyl (C=O) groups is 5. The molecule has 0 heterocycles. The summed E-state index contributed by atoms with van der Waals surface area (Å²) in [5, 5.41) is 45.1. The molecule has 0 rings (SSSR count). The summed E-state index contributed by atoms with van der Waals surface area (Å²) < 4.78 is 1.56. The van der Waals surface area contributed by atoms with Crippen molar-refractivity contribution in [1.82, 2.24) is 19.0 Å². The Hall–Kier alpha value is -2.11. The van der Waals surface area contributed by atoms with Crippen molar-refractivity contribution in [2.24, 2.45) is 0 Å². The van der Waals surface area contributed by atoms with Crippen LogP contribution in [-0.4, -0.2) is 153 Å². The summed E-state index contributed by atoms with van der Waals surface area (Å²) in [5.41, 5.74) is 0. The molecule has 0 amide bonds. The molecule has 5 N–H and O–H groups in total. The van der Waals surface area contributed by atoms with E-state index in [-0.39, 0.29) is 52.4 Å². The van der Waals surface area contributed by atoms with Gasteiger partial charge in [-0.15, -0.1) is 0 Å². The summed E-state index contributed by atoms with van der Waals surface area (Å²) in [6.07, 6.45) is 1.77. The first-order valence-corrected chi connectivity index (χ1v) is 12.2. The maximum absolute atomic E-state index is 11.2. The van der Waals surface area contributed by atoms with Gasteiger partial charge >= 0.3 is 29.8 Å². The van der Waals surface area contributed by atoms with Crippen LogP contribution in [0, 0.1) is 0 Å². The van der Waals surface area contributed by atoms with Gasteiger partial charge < -0.3 is 25.5 Å². The maximum Gasteiger partial charge on any atom is 0.318 e. The van der Waals surface area contributed by atoms with Gasteiger partial charge in [0.2, 0.25) is 0 Å². The second-order valence-electron chi connectivity index (χ2n) is 6.84. The number of hydrogen-bond donors (Lipinski definition) is 5. The van der Waals surface area contributed by atoms with Crippen molar-refractivity contribution >= 4 is 51.6 Å². The van der Waals surface area contributed by atoms with E-state index in [1.54, 1.807) is 15.5 Å². The van der Waals surface area contributed by atoms with E-state index in [0.717, 1.165) is 4.90 Å². The molecule has 14 nitrogen and oxygen atoms in total. The zero-order valence-electron chi connectivity index (χ0n) is 18.2. The molecule has 0 aromatic carbocycles. The molecular formula is C17H30N4O10S2. The molecule has 0 saturated carbocycles. The van der Waals surface area contributed by atoms with Gasteiger partial charge in [-0.3, -0.25) is 38.7 Å². The van der Waals surface area contributed by atoms with Crippen LogP contribution < -0.4 is 0 Å². The topological polar surface area (TPSA) is 199 Å². The Morgan fingerprint density at radius 1 is 0.515 bits per heavy atom. The van der Waals surface area contributed by atoms with Crippen LogP contribution in [0.4, 0.5) is 0 Å². The number of hydrogen-bond acceptors (Lipinski definition) is 11. The van der Waals surface area contributed by atoms with E-state index in [9.17, 15) is 24.0 Å². The second-order valence-corrected chi connectivity index (χ2v) is 9.28. The molecular weight excluding hydrogens is 484 g/mol. The summed E-state index contributed by atoms with van der Waals surface area (Å²) in [6, 6.07) is 0. The summed E-state index contributed by atoms with van der Waals surface area (Å²) in [5.74, 6) is -5.71. The Morgan fingerprint density at radius 3 is 1.15 bits per heavy atom. The molecule has 190 valence electrons. The van der Waals surface area contributed by atoms with Gasteiger partial charge in [0.15, 0.2) is 0 Å². The third-order valence-electron chi connectivity index (χ3n) is 4.06. The van der Waals surface area contributed by atoms with Crippen LogP contribution in [-0.2, 0) is 24.0 Å².